The fourth-order valence-electron chi connectivity index (χ4n) is 15.3. The Kier molecular flexibility index (Phi) is 18.4. The fourth-order valence-corrected chi connectivity index (χ4v) is 17.1. The Bertz CT molecular complexity index is 1520. The molecular formula is C53H92O12S. The maximum atomic E-state index is 14.3. The SMILES string of the molecule is C[C@H]1[C@@H](CC(C[C@H]2O[C@@H]3C[C@@H](C)[C@@H]4C[C@H]5[C@H](C)CC[C@@H]([C@H]2C)[C@@]35OO4)CS(=O)(=O)CCCCCCCCCCCOCCOCCOCCO)O[C@@H]2C[C@@H](C)[C@@H]3C[C@H]4[C@H](C)CC[C@@H]1[C@@]24OO3. The minimum Gasteiger partial charge on any atom is -0.394 e. The van der Waals surface area contributed by atoms with Crippen LogP contribution in [0.25, 0.3) is 0 Å². The van der Waals surface area contributed by atoms with Gasteiger partial charge in [-0.15, -0.1) is 0 Å². The van der Waals surface area contributed by atoms with Crippen molar-refractivity contribution >= 4 is 9.84 Å². The summed E-state index contributed by atoms with van der Waals surface area (Å²) in [6.45, 7) is 17.5. The second-order valence-corrected chi connectivity index (χ2v) is 25.5. The van der Waals surface area contributed by atoms with Gasteiger partial charge in [-0.05, 0) is 142 Å². The van der Waals surface area contributed by atoms with Crippen LogP contribution in [-0.2, 0) is 53.1 Å². The lowest BCUT2D eigenvalue weighted by molar-refractivity contribution is -0.466. The van der Waals surface area contributed by atoms with Crippen molar-refractivity contribution in [2.24, 2.45) is 65.1 Å². The third-order valence-corrected chi connectivity index (χ3v) is 21.0. The molecule has 6 aliphatic heterocycles. The van der Waals surface area contributed by atoms with Crippen LogP contribution >= 0.6 is 0 Å². The molecule has 6 heterocycles. The summed E-state index contributed by atoms with van der Waals surface area (Å²) in [4.78, 5) is 25.7. The quantitative estimate of drug-likeness (QED) is 0.0653. The van der Waals surface area contributed by atoms with Gasteiger partial charge in [-0.3, -0.25) is 0 Å². The molecule has 13 heteroatoms. The van der Waals surface area contributed by atoms with Gasteiger partial charge in [-0.2, -0.15) is 0 Å². The molecule has 10 aliphatic rings. The zero-order valence-corrected chi connectivity index (χ0v) is 42.8. The Morgan fingerprint density at radius 3 is 1.45 bits per heavy atom. The average Bonchev–Trinajstić information content (AvgIpc) is 3.63. The number of ether oxygens (including phenoxy) is 5. The Morgan fingerprint density at radius 2 is 0.970 bits per heavy atom. The molecule has 66 heavy (non-hydrogen) atoms. The summed E-state index contributed by atoms with van der Waals surface area (Å²) in [6, 6.07) is 0. The molecule has 18 atom stereocenters. The number of aliphatic hydroxyl groups excluding tert-OH is 1. The maximum absolute atomic E-state index is 14.3. The van der Waals surface area contributed by atoms with Crippen LogP contribution in [0.15, 0.2) is 0 Å². The molecule has 4 aliphatic carbocycles. The van der Waals surface area contributed by atoms with Gasteiger partial charge >= 0.3 is 0 Å². The van der Waals surface area contributed by atoms with Crippen molar-refractivity contribution in [2.45, 2.75) is 211 Å². The van der Waals surface area contributed by atoms with E-state index >= 15 is 0 Å². The summed E-state index contributed by atoms with van der Waals surface area (Å²) in [5, 5.41) is 8.73. The van der Waals surface area contributed by atoms with Crippen LogP contribution in [0.1, 0.15) is 164 Å². The molecule has 6 saturated heterocycles. The van der Waals surface area contributed by atoms with Gasteiger partial charge in [0.2, 0.25) is 0 Å². The Morgan fingerprint density at radius 1 is 0.530 bits per heavy atom. The number of aliphatic hydroxyl groups is 1. The van der Waals surface area contributed by atoms with Crippen LogP contribution in [0.3, 0.4) is 0 Å². The van der Waals surface area contributed by atoms with Gasteiger partial charge < -0.3 is 28.8 Å². The van der Waals surface area contributed by atoms with E-state index in [4.69, 9.17) is 48.3 Å². The summed E-state index contributed by atoms with van der Waals surface area (Å²) in [7, 11) is -3.32. The van der Waals surface area contributed by atoms with Gasteiger partial charge in [0.05, 0.1) is 87.8 Å². The molecule has 4 bridgehead atoms. The maximum Gasteiger partial charge on any atom is 0.150 e. The minimum atomic E-state index is -3.32. The molecule has 12 nitrogen and oxygen atoms in total. The second kappa shape index (κ2) is 23.4. The molecule has 0 unspecified atom stereocenters. The predicted molar refractivity (Wildman–Crippen MR) is 253 cm³/mol. The first-order valence-electron chi connectivity index (χ1n) is 27.4. The largest absolute Gasteiger partial charge is 0.394 e. The second-order valence-electron chi connectivity index (χ2n) is 23.3. The summed E-state index contributed by atoms with van der Waals surface area (Å²) in [5.41, 5.74) is -0.830. The standard InChI is InChI=1S/C53H92O12S/c1-35-16-18-42-39(5)48(60-50-28-37(3)46-32-44(35)52(42,50)64-62-46)30-41(31-49-40(6)43-19-17-36(2)45-33-47-38(4)29-51(61-49)53(43,45)65-63-47)34-66(55,56)27-15-13-11-9-7-8-10-12-14-21-57-23-25-59-26-24-58-22-20-54/h35-51,54H,7-34H2,1-6H3/t35-,36-,37-,38-,39-,40-,42+,43+,44+,45+,46+,47+,48-,49-,50-,51-,52+,53+/m1/s1. The van der Waals surface area contributed by atoms with Crippen LogP contribution in [0, 0.1) is 65.1 Å². The first-order chi connectivity index (χ1) is 31.9. The lowest BCUT2D eigenvalue weighted by Crippen LogP contribution is -2.68. The third-order valence-electron chi connectivity index (χ3n) is 19.1. The van der Waals surface area contributed by atoms with Gasteiger partial charge in [-0.25, -0.2) is 28.0 Å². The van der Waals surface area contributed by atoms with E-state index in [9.17, 15) is 8.42 Å². The van der Waals surface area contributed by atoms with E-state index < -0.39 is 21.0 Å². The van der Waals surface area contributed by atoms with Crippen molar-refractivity contribution in [1.29, 1.82) is 0 Å². The highest BCUT2D eigenvalue weighted by atomic mass is 32.2. The normalized spacial score (nSPS) is 43.2. The molecular weight excluding hydrogens is 861 g/mol. The van der Waals surface area contributed by atoms with E-state index in [0.717, 1.165) is 96.5 Å². The van der Waals surface area contributed by atoms with Crippen molar-refractivity contribution in [1.82, 2.24) is 0 Å². The van der Waals surface area contributed by atoms with Crippen molar-refractivity contribution in [3.8, 4) is 0 Å². The monoisotopic (exact) mass is 953 g/mol. The summed E-state index contributed by atoms with van der Waals surface area (Å²) >= 11 is 0. The van der Waals surface area contributed by atoms with Gasteiger partial charge in [0.25, 0.3) is 0 Å². The number of rotatable bonds is 26. The zero-order valence-electron chi connectivity index (χ0n) is 42.0. The first-order valence-corrected chi connectivity index (χ1v) is 29.2. The molecule has 0 aromatic rings. The molecule has 1 N–H and O–H groups in total. The third kappa shape index (κ3) is 11.3. The van der Waals surface area contributed by atoms with E-state index in [1.807, 2.05) is 0 Å². The summed E-state index contributed by atoms with van der Waals surface area (Å²) < 4.78 is 59.7. The van der Waals surface area contributed by atoms with Crippen LogP contribution < -0.4 is 0 Å². The van der Waals surface area contributed by atoms with E-state index in [1.54, 1.807) is 0 Å². The first kappa shape index (κ1) is 51.9. The number of fused-ring (bicyclic) bond motifs is 4. The highest BCUT2D eigenvalue weighted by molar-refractivity contribution is 7.91. The van der Waals surface area contributed by atoms with E-state index in [0.29, 0.717) is 80.4 Å². The van der Waals surface area contributed by atoms with Gasteiger partial charge in [-0.1, -0.05) is 86.5 Å². The van der Waals surface area contributed by atoms with Gasteiger partial charge in [0.1, 0.15) is 11.2 Å². The van der Waals surface area contributed by atoms with E-state index in [-0.39, 0.29) is 72.5 Å². The minimum absolute atomic E-state index is 0.0369. The lowest BCUT2D eigenvalue weighted by atomic mass is 9.55. The lowest BCUT2D eigenvalue weighted by Gasteiger charge is -2.61. The van der Waals surface area contributed by atoms with E-state index in [2.05, 4.69) is 41.5 Å². The van der Waals surface area contributed by atoms with Crippen molar-refractivity contribution in [2.75, 3.05) is 57.8 Å². The molecule has 4 saturated carbocycles. The predicted octanol–water partition coefficient (Wildman–Crippen LogP) is 9.48. The molecule has 0 aromatic carbocycles. The molecule has 10 fully saturated rings. The Hall–Kier alpha value is -0.450. The van der Waals surface area contributed by atoms with Gasteiger partial charge in [0, 0.05) is 6.61 Å². The Balaban J connectivity index is 0.857. The van der Waals surface area contributed by atoms with E-state index in [1.165, 1.54) is 32.1 Å². The van der Waals surface area contributed by atoms with Crippen LogP contribution in [0.5, 0.6) is 0 Å². The average molecular weight is 953 g/mol. The zero-order chi connectivity index (χ0) is 46.5. The Labute approximate surface area is 399 Å². The number of hydrogen-bond donors (Lipinski definition) is 1. The van der Waals surface area contributed by atoms with Gasteiger partial charge in [0.15, 0.2) is 9.84 Å². The molecule has 0 radical (unpaired) electrons. The van der Waals surface area contributed by atoms with Crippen LogP contribution in [-0.4, -0.2) is 119 Å². The smallest absolute Gasteiger partial charge is 0.150 e. The highest BCUT2D eigenvalue weighted by Crippen LogP contribution is 2.63. The topological polar surface area (TPSA) is 137 Å². The highest BCUT2D eigenvalue weighted by Gasteiger charge is 2.69. The summed E-state index contributed by atoms with van der Waals surface area (Å²) in [6.07, 6.45) is 19.8. The number of unbranched alkanes of at least 4 members (excludes halogenated alkanes) is 8. The van der Waals surface area contributed by atoms with Crippen LogP contribution in [0.2, 0.25) is 0 Å². The molecule has 382 valence electrons. The molecule has 2 spiro atoms. The van der Waals surface area contributed by atoms with Crippen LogP contribution in [0.4, 0.5) is 0 Å². The molecule has 0 aromatic heterocycles. The van der Waals surface area contributed by atoms with Crippen molar-refractivity contribution < 1.29 is 56.8 Å². The molecule has 10 rings (SSSR count). The summed E-state index contributed by atoms with van der Waals surface area (Å²) in [5.74, 6) is 4.22. The number of hydrogen-bond acceptors (Lipinski definition) is 12. The number of sulfone groups is 1. The fraction of sp³-hybridized carbons (Fsp3) is 1.00. The molecule has 0 amide bonds. The van der Waals surface area contributed by atoms with Crippen molar-refractivity contribution in [3.63, 3.8) is 0 Å². The van der Waals surface area contributed by atoms with Crippen molar-refractivity contribution in [3.05, 3.63) is 0 Å².